The number of nitrogens with one attached hydrogen (secondary N) is 1. The Morgan fingerprint density at radius 3 is 1.56 bits per heavy atom. The maximum Gasteiger partial charge on any atom is 0.229 e. The van der Waals surface area contributed by atoms with Gasteiger partial charge < -0.3 is 4.42 Å². The number of thioether (sulfide) groups is 1. The number of sulfonamides is 1. The van der Waals surface area contributed by atoms with Crippen molar-refractivity contribution >= 4 is 38.4 Å². The summed E-state index contributed by atoms with van der Waals surface area (Å²) in [6.07, 6.45) is 1.17. The van der Waals surface area contributed by atoms with E-state index in [1.807, 2.05) is 60.7 Å². The lowest BCUT2D eigenvalue weighted by Gasteiger charge is -2.38. The minimum absolute atomic E-state index is 0.381. The van der Waals surface area contributed by atoms with E-state index in [4.69, 9.17) is 4.42 Å². The van der Waals surface area contributed by atoms with Crippen molar-refractivity contribution in [1.29, 1.82) is 0 Å². The fourth-order valence-electron chi connectivity index (χ4n) is 5.34. The SMILES string of the molecule is CS(=O)(=O)Nc1c(C(SC(c2ccccc2)(c2ccccc2)c2ccccc2)c2ccccc2)oc2ccccc12. The van der Waals surface area contributed by atoms with Gasteiger partial charge in [0, 0.05) is 5.39 Å². The van der Waals surface area contributed by atoms with Crippen LogP contribution in [0.1, 0.15) is 33.3 Å². The van der Waals surface area contributed by atoms with Crippen LogP contribution in [-0.4, -0.2) is 14.7 Å². The first-order valence-electron chi connectivity index (χ1n) is 13.3. The molecule has 0 amide bonds. The lowest BCUT2D eigenvalue weighted by atomic mass is 9.84. The van der Waals surface area contributed by atoms with Gasteiger partial charge >= 0.3 is 0 Å². The maximum absolute atomic E-state index is 12.6. The van der Waals surface area contributed by atoms with Crippen LogP contribution in [0.15, 0.2) is 150 Å². The van der Waals surface area contributed by atoms with Crippen molar-refractivity contribution in [3.05, 3.63) is 174 Å². The summed E-state index contributed by atoms with van der Waals surface area (Å²) in [5.74, 6) is 0.556. The molecule has 0 fully saturated rings. The van der Waals surface area contributed by atoms with Gasteiger partial charge in [-0.25, -0.2) is 8.42 Å². The summed E-state index contributed by atoms with van der Waals surface area (Å²) in [7, 11) is -3.60. The topological polar surface area (TPSA) is 59.3 Å². The van der Waals surface area contributed by atoms with Gasteiger partial charge in [-0.15, -0.1) is 11.8 Å². The average molecular weight is 576 g/mol. The van der Waals surface area contributed by atoms with E-state index in [9.17, 15) is 8.42 Å². The van der Waals surface area contributed by atoms with Crippen LogP contribution in [0.5, 0.6) is 0 Å². The Kier molecular flexibility index (Phi) is 7.43. The van der Waals surface area contributed by atoms with E-state index < -0.39 is 14.8 Å². The number of furan rings is 1. The molecule has 0 aliphatic rings. The Morgan fingerprint density at radius 1 is 0.634 bits per heavy atom. The highest BCUT2D eigenvalue weighted by molar-refractivity contribution is 8.01. The summed E-state index contributed by atoms with van der Waals surface area (Å²) < 4.78 is 34.0. The number of fused-ring (bicyclic) bond motifs is 1. The van der Waals surface area contributed by atoms with E-state index in [2.05, 4.69) is 89.7 Å². The zero-order chi connectivity index (χ0) is 28.3. The molecule has 1 aromatic heterocycles. The summed E-state index contributed by atoms with van der Waals surface area (Å²) >= 11 is 1.73. The fourth-order valence-corrected chi connectivity index (χ4v) is 7.66. The van der Waals surface area contributed by atoms with Gasteiger partial charge in [0.2, 0.25) is 10.0 Å². The van der Waals surface area contributed by atoms with Gasteiger partial charge in [0.25, 0.3) is 0 Å². The molecule has 0 aliphatic carbocycles. The van der Waals surface area contributed by atoms with E-state index >= 15 is 0 Å². The zero-order valence-electron chi connectivity index (χ0n) is 22.5. The molecule has 6 heteroatoms. The monoisotopic (exact) mass is 575 g/mol. The predicted molar refractivity (Wildman–Crippen MR) is 170 cm³/mol. The van der Waals surface area contributed by atoms with Gasteiger partial charge in [-0.1, -0.05) is 133 Å². The highest BCUT2D eigenvalue weighted by atomic mass is 32.2. The van der Waals surface area contributed by atoms with E-state index in [1.54, 1.807) is 11.8 Å². The minimum Gasteiger partial charge on any atom is -0.457 e. The third-order valence-corrected chi connectivity index (χ3v) is 9.44. The molecule has 1 heterocycles. The van der Waals surface area contributed by atoms with Gasteiger partial charge in [0.1, 0.15) is 11.3 Å². The molecule has 1 N–H and O–H groups in total. The minimum atomic E-state index is -3.60. The molecule has 0 saturated heterocycles. The lowest BCUT2D eigenvalue weighted by molar-refractivity contribution is 0.559. The molecule has 4 nitrogen and oxygen atoms in total. The highest BCUT2D eigenvalue weighted by Gasteiger charge is 2.42. The molecule has 0 spiro atoms. The van der Waals surface area contributed by atoms with E-state index in [-0.39, 0.29) is 5.25 Å². The Balaban J connectivity index is 1.67. The summed E-state index contributed by atoms with van der Waals surface area (Å²) in [6, 6.07) is 49.1. The number of rotatable bonds is 9. The van der Waals surface area contributed by atoms with Gasteiger partial charge in [0.15, 0.2) is 0 Å². The molecular formula is C35H29NO3S2. The number of hydrogen-bond donors (Lipinski definition) is 1. The van der Waals surface area contributed by atoms with E-state index in [1.165, 1.54) is 6.26 Å². The van der Waals surface area contributed by atoms with Crippen LogP contribution < -0.4 is 4.72 Å². The predicted octanol–water partition coefficient (Wildman–Crippen LogP) is 8.62. The molecule has 6 aromatic rings. The Bertz CT molecular complexity index is 1760. The third kappa shape index (κ3) is 5.41. The smallest absolute Gasteiger partial charge is 0.229 e. The Morgan fingerprint density at radius 2 is 1.07 bits per heavy atom. The molecule has 0 saturated carbocycles. The molecule has 41 heavy (non-hydrogen) atoms. The Labute approximate surface area is 245 Å². The fraction of sp³-hybridized carbons (Fsp3) is 0.0857. The van der Waals surface area contributed by atoms with Crippen molar-refractivity contribution < 1.29 is 12.8 Å². The van der Waals surface area contributed by atoms with Crippen molar-refractivity contribution in [3.63, 3.8) is 0 Å². The standard InChI is InChI=1S/C35H29NO3S2/c1-41(37,38)36-32-30-24-14-15-25-31(30)39-33(32)34(26-16-6-2-7-17-26)40-35(27-18-8-3-9-19-27,28-20-10-4-11-21-28)29-22-12-5-13-23-29/h2-25,34,36H,1H3. The molecule has 0 aliphatic heterocycles. The van der Waals surface area contributed by atoms with Crippen LogP contribution in [0.25, 0.3) is 11.0 Å². The van der Waals surface area contributed by atoms with Crippen molar-refractivity contribution in [3.8, 4) is 0 Å². The largest absolute Gasteiger partial charge is 0.457 e. The van der Waals surface area contributed by atoms with Crippen molar-refractivity contribution in [2.45, 2.75) is 10.00 Å². The van der Waals surface area contributed by atoms with Gasteiger partial charge in [-0.05, 0) is 34.4 Å². The second-order valence-corrected chi connectivity index (χ2v) is 13.0. The maximum atomic E-state index is 12.6. The number of hydrogen-bond acceptors (Lipinski definition) is 4. The van der Waals surface area contributed by atoms with Crippen molar-refractivity contribution in [1.82, 2.24) is 0 Å². The van der Waals surface area contributed by atoms with E-state index in [0.717, 1.165) is 27.6 Å². The second kappa shape index (κ2) is 11.3. The summed E-state index contributed by atoms with van der Waals surface area (Å²) in [6.45, 7) is 0. The Hall–Kier alpha value is -4.26. The summed E-state index contributed by atoms with van der Waals surface area (Å²) in [5, 5.41) is 0.340. The van der Waals surface area contributed by atoms with Crippen LogP contribution in [0.3, 0.4) is 0 Å². The van der Waals surface area contributed by atoms with E-state index in [0.29, 0.717) is 17.0 Å². The highest BCUT2D eigenvalue weighted by Crippen LogP contribution is 2.57. The molecule has 6 rings (SSSR count). The zero-order valence-corrected chi connectivity index (χ0v) is 24.1. The molecular weight excluding hydrogens is 547 g/mol. The quantitative estimate of drug-likeness (QED) is 0.175. The summed E-state index contributed by atoms with van der Waals surface area (Å²) in [4.78, 5) is 0. The molecule has 5 aromatic carbocycles. The normalized spacial score (nSPS) is 12.7. The third-order valence-electron chi connectivity index (χ3n) is 7.09. The van der Waals surface area contributed by atoms with Crippen LogP contribution in [0.2, 0.25) is 0 Å². The lowest BCUT2D eigenvalue weighted by Crippen LogP contribution is -2.27. The summed E-state index contributed by atoms with van der Waals surface area (Å²) in [5.41, 5.74) is 5.42. The average Bonchev–Trinajstić information content (AvgIpc) is 3.36. The molecule has 204 valence electrons. The molecule has 0 bridgehead atoms. The second-order valence-electron chi connectivity index (χ2n) is 9.90. The van der Waals surface area contributed by atoms with Gasteiger partial charge in [0.05, 0.1) is 21.9 Å². The first-order valence-corrected chi connectivity index (χ1v) is 16.1. The molecule has 1 unspecified atom stereocenters. The van der Waals surface area contributed by atoms with Crippen molar-refractivity contribution in [2.24, 2.45) is 0 Å². The number of para-hydroxylation sites is 1. The molecule has 1 atom stereocenters. The van der Waals surface area contributed by atoms with Crippen LogP contribution >= 0.6 is 11.8 Å². The van der Waals surface area contributed by atoms with Gasteiger partial charge in [-0.3, -0.25) is 4.72 Å². The first kappa shape index (κ1) is 26.9. The number of anilines is 1. The molecule has 0 radical (unpaired) electrons. The number of benzene rings is 5. The first-order chi connectivity index (χ1) is 20.0. The van der Waals surface area contributed by atoms with Crippen LogP contribution in [-0.2, 0) is 14.8 Å². The van der Waals surface area contributed by atoms with Crippen LogP contribution in [0.4, 0.5) is 5.69 Å². The van der Waals surface area contributed by atoms with Crippen LogP contribution in [0, 0.1) is 0 Å². The van der Waals surface area contributed by atoms with Crippen molar-refractivity contribution in [2.75, 3.05) is 11.0 Å². The van der Waals surface area contributed by atoms with Gasteiger partial charge in [-0.2, -0.15) is 0 Å².